The van der Waals surface area contributed by atoms with Crippen LogP contribution in [0.5, 0.6) is 0 Å². The highest BCUT2D eigenvalue weighted by molar-refractivity contribution is 5.78. The summed E-state index contributed by atoms with van der Waals surface area (Å²) in [6.07, 6.45) is 0.864. The molecular weight excluding hydrogens is 426 g/mol. The molecule has 170 valence electrons. The number of nitrogens with one attached hydrogen (secondary N) is 4. The van der Waals surface area contributed by atoms with Gasteiger partial charge in [0, 0.05) is 31.3 Å². The van der Waals surface area contributed by atoms with Gasteiger partial charge in [-0.05, 0) is 31.0 Å². The number of H-pyrrole nitrogens is 2. The number of anilines is 4. The molecule has 0 amide bonds. The highest BCUT2D eigenvalue weighted by atomic mass is 15.3. The van der Waals surface area contributed by atoms with E-state index in [1.54, 1.807) is 0 Å². The van der Waals surface area contributed by atoms with E-state index in [4.69, 9.17) is 9.97 Å². The Hall–Kier alpha value is -4.24. The SMILES string of the molecule is Cc1cc(Nc2nc(Nc3nc4ccccc4[nH]3)nc3c2CCN(Cc2ccccc2)C3)[nH]n1. The minimum absolute atomic E-state index is 0.498. The molecule has 0 atom stereocenters. The molecule has 0 fully saturated rings. The van der Waals surface area contributed by atoms with Crippen LogP contribution < -0.4 is 10.6 Å². The Balaban J connectivity index is 1.32. The number of para-hydroxylation sites is 2. The van der Waals surface area contributed by atoms with Crippen LogP contribution in [0.4, 0.5) is 23.5 Å². The molecule has 0 aliphatic carbocycles. The Morgan fingerprint density at radius 3 is 2.65 bits per heavy atom. The van der Waals surface area contributed by atoms with Gasteiger partial charge in [-0.2, -0.15) is 10.1 Å². The highest BCUT2D eigenvalue weighted by Crippen LogP contribution is 2.29. The minimum atomic E-state index is 0.498. The lowest BCUT2D eigenvalue weighted by atomic mass is 10.0. The molecule has 4 heterocycles. The zero-order valence-electron chi connectivity index (χ0n) is 18.8. The Morgan fingerprint density at radius 2 is 1.82 bits per heavy atom. The van der Waals surface area contributed by atoms with Crippen molar-refractivity contribution >= 4 is 34.6 Å². The summed E-state index contributed by atoms with van der Waals surface area (Å²) in [7, 11) is 0. The van der Waals surface area contributed by atoms with Gasteiger partial charge in [-0.25, -0.2) is 9.97 Å². The van der Waals surface area contributed by atoms with Gasteiger partial charge >= 0.3 is 0 Å². The summed E-state index contributed by atoms with van der Waals surface area (Å²) >= 11 is 0. The standard InChI is InChI=1S/C25H25N9/c1-16-13-22(33-32-16)29-23-18-11-12-34(14-17-7-3-2-4-8-17)15-21(18)28-25(30-23)31-24-26-19-9-5-6-10-20(19)27-24/h2-10,13H,11-12,14-15H2,1H3,(H4,26,27,28,29,30,31,32,33). The van der Waals surface area contributed by atoms with E-state index in [9.17, 15) is 0 Å². The first-order chi connectivity index (χ1) is 16.7. The van der Waals surface area contributed by atoms with Crippen LogP contribution in [0.15, 0.2) is 60.7 Å². The molecule has 1 aliphatic heterocycles. The Morgan fingerprint density at radius 1 is 0.971 bits per heavy atom. The number of rotatable bonds is 6. The molecule has 5 aromatic rings. The van der Waals surface area contributed by atoms with Gasteiger partial charge < -0.3 is 10.3 Å². The Labute approximate surface area is 196 Å². The van der Waals surface area contributed by atoms with Crippen molar-refractivity contribution in [2.45, 2.75) is 26.4 Å². The second-order valence-corrected chi connectivity index (χ2v) is 8.54. The van der Waals surface area contributed by atoms with Crippen molar-refractivity contribution in [1.29, 1.82) is 0 Å². The molecule has 0 unspecified atom stereocenters. The maximum atomic E-state index is 4.89. The minimum Gasteiger partial charge on any atom is -0.325 e. The van der Waals surface area contributed by atoms with E-state index in [1.165, 1.54) is 5.56 Å². The molecule has 0 radical (unpaired) electrons. The van der Waals surface area contributed by atoms with Crippen LogP contribution in [-0.2, 0) is 19.5 Å². The van der Waals surface area contributed by atoms with Crippen LogP contribution in [0.25, 0.3) is 11.0 Å². The number of aromatic amines is 2. The number of hydrogen-bond acceptors (Lipinski definition) is 7. The first-order valence-electron chi connectivity index (χ1n) is 11.4. The van der Waals surface area contributed by atoms with Gasteiger partial charge in [0.15, 0.2) is 0 Å². The summed E-state index contributed by atoms with van der Waals surface area (Å²) in [5.41, 5.74) is 6.21. The number of aryl methyl sites for hydroxylation is 1. The quantitative estimate of drug-likeness (QED) is 0.302. The molecule has 34 heavy (non-hydrogen) atoms. The van der Waals surface area contributed by atoms with Crippen LogP contribution in [0.2, 0.25) is 0 Å². The Bertz CT molecular complexity index is 1400. The molecule has 0 saturated heterocycles. The van der Waals surface area contributed by atoms with E-state index in [0.717, 1.165) is 65.7 Å². The largest absolute Gasteiger partial charge is 0.325 e. The summed E-state index contributed by atoms with van der Waals surface area (Å²) in [5.74, 6) is 2.70. The average molecular weight is 452 g/mol. The van der Waals surface area contributed by atoms with Crippen molar-refractivity contribution in [1.82, 2.24) is 35.0 Å². The summed E-state index contributed by atoms with van der Waals surface area (Å²) in [4.78, 5) is 20.0. The molecule has 1 aliphatic rings. The molecule has 9 heteroatoms. The predicted octanol–water partition coefficient (Wildman–Crippen LogP) is 4.43. The van der Waals surface area contributed by atoms with E-state index >= 15 is 0 Å². The average Bonchev–Trinajstić information content (AvgIpc) is 3.44. The summed E-state index contributed by atoms with van der Waals surface area (Å²) in [6.45, 7) is 4.53. The Kier molecular flexibility index (Phi) is 5.15. The number of hydrogen-bond donors (Lipinski definition) is 4. The third-order valence-corrected chi connectivity index (χ3v) is 5.97. The number of fused-ring (bicyclic) bond motifs is 2. The first-order valence-corrected chi connectivity index (χ1v) is 11.4. The third kappa shape index (κ3) is 4.20. The molecule has 0 saturated carbocycles. The van der Waals surface area contributed by atoms with Gasteiger partial charge in [0.2, 0.25) is 11.9 Å². The van der Waals surface area contributed by atoms with Crippen molar-refractivity contribution in [2.24, 2.45) is 0 Å². The number of benzene rings is 2. The normalized spacial score (nSPS) is 13.7. The van der Waals surface area contributed by atoms with Gasteiger partial charge in [0.05, 0.1) is 22.4 Å². The van der Waals surface area contributed by atoms with Gasteiger partial charge in [-0.1, -0.05) is 42.5 Å². The van der Waals surface area contributed by atoms with Crippen LogP contribution in [0.1, 0.15) is 22.5 Å². The predicted molar refractivity (Wildman–Crippen MR) is 132 cm³/mol. The molecule has 9 nitrogen and oxygen atoms in total. The van der Waals surface area contributed by atoms with Gasteiger partial charge in [0.25, 0.3) is 0 Å². The van der Waals surface area contributed by atoms with Gasteiger partial charge in [-0.15, -0.1) is 0 Å². The van der Waals surface area contributed by atoms with Gasteiger partial charge in [0.1, 0.15) is 11.6 Å². The van der Waals surface area contributed by atoms with Crippen LogP contribution >= 0.6 is 0 Å². The molecular formula is C25H25N9. The van der Waals surface area contributed by atoms with E-state index in [1.807, 2.05) is 43.3 Å². The van der Waals surface area contributed by atoms with Crippen molar-refractivity contribution in [3.05, 3.63) is 83.2 Å². The lowest BCUT2D eigenvalue weighted by molar-refractivity contribution is 0.241. The maximum Gasteiger partial charge on any atom is 0.231 e. The number of aromatic nitrogens is 6. The number of imidazole rings is 1. The maximum absolute atomic E-state index is 4.89. The summed E-state index contributed by atoms with van der Waals surface area (Å²) < 4.78 is 0. The fourth-order valence-electron chi connectivity index (χ4n) is 4.35. The van der Waals surface area contributed by atoms with Crippen molar-refractivity contribution in [2.75, 3.05) is 17.2 Å². The topological polar surface area (TPSA) is 110 Å². The summed E-state index contributed by atoms with van der Waals surface area (Å²) in [5, 5.41) is 13.9. The third-order valence-electron chi connectivity index (χ3n) is 5.97. The van der Waals surface area contributed by atoms with Gasteiger partial charge in [-0.3, -0.25) is 15.3 Å². The fourth-order valence-corrected chi connectivity index (χ4v) is 4.35. The second kappa shape index (κ2) is 8.60. The van der Waals surface area contributed by atoms with Crippen molar-refractivity contribution < 1.29 is 0 Å². The zero-order valence-corrected chi connectivity index (χ0v) is 18.8. The molecule has 3 aromatic heterocycles. The fraction of sp³-hybridized carbons (Fsp3) is 0.200. The lowest BCUT2D eigenvalue weighted by Crippen LogP contribution is -2.31. The van der Waals surface area contributed by atoms with Crippen LogP contribution in [0.3, 0.4) is 0 Å². The monoisotopic (exact) mass is 451 g/mol. The first kappa shape index (κ1) is 20.4. The lowest BCUT2D eigenvalue weighted by Gasteiger charge is -2.29. The molecule has 4 N–H and O–H groups in total. The summed E-state index contributed by atoms with van der Waals surface area (Å²) in [6, 6.07) is 20.4. The van der Waals surface area contributed by atoms with E-state index in [0.29, 0.717) is 11.9 Å². The van der Waals surface area contributed by atoms with Crippen molar-refractivity contribution in [3.8, 4) is 0 Å². The molecule has 0 spiro atoms. The van der Waals surface area contributed by atoms with E-state index in [-0.39, 0.29) is 0 Å². The van der Waals surface area contributed by atoms with E-state index < -0.39 is 0 Å². The number of nitrogens with zero attached hydrogens (tertiary/aromatic N) is 5. The van der Waals surface area contributed by atoms with Crippen LogP contribution in [-0.4, -0.2) is 41.6 Å². The molecule has 0 bridgehead atoms. The molecule has 2 aromatic carbocycles. The highest BCUT2D eigenvalue weighted by Gasteiger charge is 2.23. The smallest absolute Gasteiger partial charge is 0.231 e. The van der Waals surface area contributed by atoms with Crippen molar-refractivity contribution in [3.63, 3.8) is 0 Å². The zero-order chi connectivity index (χ0) is 22.9. The van der Waals surface area contributed by atoms with Crippen LogP contribution in [0, 0.1) is 6.92 Å². The second-order valence-electron chi connectivity index (χ2n) is 8.54. The van der Waals surface area contributed by atoms with E-state index in [2.05, 4.69) is 60.0 Å². The molecule has 6 rings (SSSR count).